The third-order valence-corrected chi connectivity index (χ3v) is 3.67. The van der Waals surface area contributed by atoms with Crippen LogP contribution >= 0.6 is 0 Å². The Labute approximate surface area is 134 Å². The molecule has 1 saturated carbocycles. The molecule has 0 heterocycles. The Bertz CT molecular complexity index is 328. The first-order valence-electron chi connectivity index (χ1n) is 8.65. The quantitative estimate of drug-likeness (QED) is 0.342. The van der Waals surface area contributed by atoms with Crippen molar-refractivity contribution in [3.8, 4) is 0 Å². The van der Waals surface area contributed by atoms with Crippen LogP contribution in [0.15, 0.2) is 4.99 Å². The predicted molar refractivity (Wildman–Crippen MR) is 90.1 cm³/mol. The van der Waals surface area contributed by atoms with Gasteiger partial charge in [-0.15, -0.1) is 0 Å². The molecule has 0 atom stereocenters. The molecule has 0 aliphatic heterocycles. The lowest BCUT2D eigenvalue weighted by Crippen LogP contribution is -2.41. The number of hydrogen-bond acceptors (Lipinski definition) is 3. The van der Waals surface area contributed by atoms with Crippen molar-refractivity contribution >= 4 is 11.9 Å². The second-order valence-electron chi connectivity index (χ2n) is 5.54. The second-order valence-corrected chi connectivity index (χ2v) is 5.54. The Hall–Kier alpha value is -1.30. The van der Waals surface area contributed by atoms with Gasteiger partial charge >= 0.3 is 0 Å². The molecular formula is C16H32N4O2. The van der Waals surface area contributed by atoms with Gasteiger partial charge in [-0.25, -0.2) is 0 Å². The number of carbonyl (C=O) groups excluding carboxylic acids is 1. The summed E-state index contributed by atoms with van der Waals surface area (Å²) in [4.78, 5) is 16.3. The van der Waals surface area contributed by atoms with E-state index in [1.54, 1.807) is 0 Å². The second kappa shape index (κ2) is 12.3. The standard InChI is InChI=1S/C16H32N4O2/c1-3-17-16(19-12-13-22-4-2)18-11-10-15(21)20-14-8-6-5-7-9-14/h14H,3-13H2,1-2H3,(H,20,21)(H2,17,18,19). The monoisotopic (exact) mass is 312 g/mol. The van der Waals surface area contributed by atoms with E-state index in [1.165, 1.54) is 19.3 Å². The van der Waals surface area contributed by atoms with Crippen LogP contribution in [0.1, 0.15) is 52.4 Å². The van der Waals surface area contributed by atoms with Crippen molar-refractivity contribution in [3.63, 3.8) is 0 Å². The summed E-state index contributed by atoms with van der Waals surface area (Å²) >= 11 is 0. The van der Waals surface area contributed by atoms with Gasteiger partial charge in [0.15, 0.2) is 5.96 Å². The summed E-state index contributed by atoms with van der Waals surface area (Å²) in [7, 11) is 0. The first kappa shape index (κ1) is 18.7. The minimum Gasteiger partial charge on any atom is -0.380 e. The van der Waals surface area contributed by atoms with Crippen LogP contribution < -0.4 is 16.0 Å². The minimum atomic E-state index is 0.129. The minimum absolute atomic E-state index is 0.129. The Morgan fingerprint density at radius 1 is 1.18 bits per heavy atom. The topological polar surface area (TPSA) is 74.8 Å². The first-order valence-corrected chi connectivity index (χ1v) is 8.65. The van der Waals surface area contributed by atoms with Crippen LogP contribution in [0.3, 0.4) is 0 Å². The van der Waals surface area contributed by atoms with Gasteiger partial charge in [-0.2, -0.15) is 0 Å². The average molecular weight is 312 g/mol. The number of carbonyl (C=O) groups is 1. The number of nitrogens with one attached hydrogen (secondary N) is 3. The van der Waals surface area contributed by atoms with E-state index in [1.807, 2.05) is 13.8 Å². The lowest BCUT2D eigenvalue weighted by molar-refractivity contribution is -0.121. The van der Waals surface area contributed by atoms with E-state index in [0.29, 0.717) is 38.8 Å². The van der Waals surface area contributed by atoms with E-state index in [4.69, 9.17) is 4.74 Å². The van der Waals surface area contributed by atoms with Crippen molar-refractivity contribution in [1.82, 2.24) is 16.0 Å². The summed E-state index contributed by atoms with van der Waals surface area (Å²) in [6.07, 6.45) is 6.51. The fraction of sp³-hybridized carbons (Fsp3) is 0.875. The number of aliphatic imine (C=N–C) groups is 1. The summed E-state index contributed by atoms with van der Waals surface area (Å²) in [5.74, 6) is 0.872. The van der Waals surface area contributed by atoms with Crippen molar-refractivity contribution in [1.29, 1.82) is 0 Å². The fourth-order valence-electron chi connectivity index (χ4n) is 2.55. The van der Waals surface area contributed by atoms with Gasteiger partial charge in [-0.1, -0.05) is 19.3 Å². The molecule has 0 spiro atoms. The highest BCUT2D eigenvalue weighted by Gasteiger charge is 2.15. The number of amides is 1. The van der Waals surface area contributed by atoms with Crippen LogP contribution in [0.25, 0.3) is 0 Å². The molecule has 0 aromatic rings. The smallest absolute Gasteiger partial charge is 0.221 e. The van der Waals surface area contributed by atoms with Gasteiger partial charge in [0, 0.05) is 32.2 Å². The summed E-state index contributed by atoms with van der Waals surface area (Å²) < 4.78 is 5.26. The first-order chi connectivity index (χ1) is 10.8. The lowest BCUT2D eigenvalue weighted by atomic mass is 9.95. The number of hydrogen-bond donors (Lipinski definition) is 3. The highest BCUT2D eigenvalue weighted by Crippen LogP contribution is 2.17. The zero-order valence-corrected chi connectivity index (χ0v) is 14.1. The molecule has 0 saturated heterocycles. The zero-order valence-electron chi connectivity index (χ0n) is 14.1. The Morgan fingerprint density at radius 3 is 2.64 bits per heavy atom. The number of nitrogens with zero attached hydrogens (tertiary/aromatic N) is 1. The molecule has 0 aromatic heterocycles. The van der Waals surface area contributed by atoms with Gasteiger partial charge in [-0.05, 0) is 26.7 Å². The van der Waals surface area contributed by atoms with Crippen molar-refractivity contribution in [2.75, 3.05) is 32.8 Å². The van der Waals surface area contributed by atoms with E-state index in [0.717, 1.165) is 25.3 Å². The summed E-state index contributed by atoms with van der Waals surface area (Å²) in [5.41, 5.74) is 0. The molecule has 1 aliphatic rings. The molecule has 6 heteroatoms. The van der Waals surface area contributed by atoms with Gasteiger partial charge in [0.05, 0.1) is 13.2 Å². The molecule has 0 unspecified atom stereocenters. The average Bonchev–Trinajstić information content (AvgIpc) is 2.52. The number of guanidine groups is 1. The predicted octanol–water partition coefficient (Wildman–Crippen LogP) is 1.42. The van der Waals surface area contributed by atoms with Crippen LogP contribution in [-0.4, -0.2) is 50.8 Å². The van der Waals surface area contributed by atoms with Crippen molar-refractivity contribution in [3.05, 3.63) is 0 Å². The molecule has 22 heavy (non-hydrogen) atoms. The third-order valence-electron chi connectivity index (χ3n) is 3.67. The maximum absolute atomic E-state index is 11.9. The summed E-state index contributed by atoms with van der Waals surface area (Å²) in [5, 5.41) is 9.48. The fourth-order valence-corrected chi connectivity index (χ4v) is 2.55. The number of rotatable bonds is 9. The Kier molecular flexibility index (Phi) is 10.5. The van der Waals surface area contributed by atoms with Gasteiger partial charge < -0.3 is 20.7 Å². The van der Waals surface area contributed by atoms with E-state index >= 15 is 0 Å². The van der Waals surface area contributed by atoms with Crippen LogP contribution in [0, 0.1) is 0 Å². The van der Waals surface area contributed by atoms with Gasteiger partial charge in [-0.3, -0.25) is 9.79 Å². The van der Waals surface area contributed by atoms with Crippen molar-refractivity contribution < 1.29 is 9.53 Å². The molecule has 1 aliphatic carbocycles. The van der Waals surface area contributed by atoms with Crippen molar-refractivity contribution in [2.45, 2.75) is 58.4 Å². The molecule has 1 amide bonds. The van der Waals surface area contributed by atoms with Gasteiger partial charge in [0.1, 0.15) is 0 Å². The van der Waals surface area contributed by atoms with Crippen LogP contribution in [0.2, 0.25) is 0 Å². The molecule has 0 bridgehead atoms. The zero-order chi connectivity index (χ0) is 16.0. The van der Waals surface area contributed by atoms with E-state index in [-0.39, 0.29) is 5.91 Å². The molecule has 1 fully saturated rings. The van der Waals surface area contributed by atoms with Gasteiger partial charge in [0.25, 0.3) is 0 Å². The summed E-state index contributed by atoms with van der Waals surface area (Å²) in [6, 6.07) is 0.384. The SMILES string of the molecule is CCNC(=NCCOCC)NCCC(=O)NC1CCCCC1. The van der Waals surface area contributed by atoms with Crippen LogP contribution in [-0.2, 0) is 9.53 Å². The maximum atomic E-state index is 11.9. The molecule has 1 rings (SSSR count). The third kappa shape index (κ3) is 8.87. The van der Waals surface area contributed by atoms with Crippen molar-refractivity contribution in [2.24, 2.45) is 4.99 Å². The van der Waals surface area contributed by atoms with Crippen LogP contribution in [0.4, 0.5) is 0 Å². The van der Waals surface area contributed by atoms with Crippen LogP contribution in [0.5, 0.6) is 0 Å². The lowest BCUT2D eigenvalue weighted by Gasteiger charge is -2.22. The van der Waals surface area contributed by atoms with E-state index in [9.17, 15) is 4.79 Å². The molecular weight excluding hydrogens is 280 g/mol. The highest BCUT2D eigenvalue weighted by molar-refractivity contribution is 5.81. The molecule has 6 nitrogen and oxygen atoms in total. The molecule has 128 valence electrons. The van der Waals surface area contributed by atoms with E-state index < -0.39 is 0 Å². The molecule has 3 N–H and O–H groups in total. The maximum Gasteiger partial charge on any atom is 0.221 e. The summed E-state index contributed by atoms with van der Waals surface area (Å²) in [6.45, 7) is 7.34. The largest absolute Gasteiger partial charge is 0.380 e. The Morgan fingerprint density at radius 2 is 1.95 bits per heavy atom. The normalized spacial score (nSPS) is 16.4. The Balaban J connectivity index is 2.18. The number of ether oxygens (including phenoxy) is 1. The highest BCUT2D eigenvalue weighted by atomic mass is 16.5. The van der Waals surface area contributed by atoms with E-state index in [2.05, 4.69) is 20.9 Å². The molecule has 0 radical (unpaired) electrons. The molecule has 0 aromatic carbocycles. The van der Waals surface area contributed by atoms with Gasteiger partial charge in [0.2, 0.25) is 5.91 Å².